The van der Waals surface area contributed by atoms with Gasteiger partial charge in [-0.25, -0.2) is 4.79 Å². The van der Waals surface area contributed by atoms with E-state index in [9.17, 15) is 4.79 Å². The van der Waals surface area contributed by atoms with Gasteiger partial charge in [0, 0.05) is 38.3 Å². The van der Waals surface area contributed by atoms with Crippen LogP contribution in [0.4, 0.5) is 4.79 Å². The lowest BCUT2D eigenvalue weighted by Gasteiger charge is -2.38. The summed E-state index contributed by atoms with van der Waals surface area (Å²) in [6.45, 7) is 7.66. The first-order chi connectivity index (χ1) is 11.2. The molecule has 0 radical (unpaired) electrons. The van der Waals surface area contributed by atoms with Crippen LogP contribution in [-0.4, -0.2) is 57.0 Å². The summed E-state index contributed by atoms with van der Waals surface area (Å²) in [5.74, 6) is 1.38. The Labute approximate surface area is 140 Å². The third-order valence-corrected chi connectivity index (χ3v) is 6.09. The minimum absolute atomic E-state index is 0.0964. The Hall–Kier alpha value is -0.810. The highest BCUT2D eigenvalue weighted by atomic mass is 16.5. The van der Waals surface area contributed by atoms with E-state index in [1.807, 2.05) is 4.90 Å². The van der Waals surface area contributed by atoms with Crippen molar-refractivity contribution in [1.29, 1.82) is 0 Å². The second-order valence-electron chi connectivity index (χ2n) is 7.79. The van der Waals surface area contributed by atoms with Crippen molar-refractivity contribution in [1.82, 2.24) is 10.2 Å². The van der Waals surface area contributed by atoms with Crippen LogP contribution < -0.4 is 5.32 Å². The summed E-state index contributed by atoms with van der Waals surface area (Å²) >= 11 is 0. The number of rotatable bonds is 2. The molecular formula is C18H32N2O3. The molecule has 0 aromatic carbocycles. The Balaban J connectivity index is 1.53. The molecule has 0 unspecified atom stereocenters. The summed E-state index contributed by atoms with van der Waals surface area (Å²) in [6, 6.07) is 0.0964. The number of ether oxygens (including phenoxy) is 2. The molecule has 1 N–H and O–H groups in total. The van der Waals surface area contributed by atoms with Crippen LogP contribution in [0.2, 0.25) is 0 Å². The number of nitrogens with one attached hydrogen (secondary N) is 1. The fourth-order valence-corrected chi connectivity index (χ4v) is 4.30. The number of urea groups is 1. The predicted molar refractivity (Wildman–Crippen MR) is 89.4 cm³/mol. The quantitative estimate of drug-likeness (QED) is 0.849. The maximum Gasteiger partial charge on any atom is 0.317 e. The molecule has 2 heterocycles. The summed E-state index contributed by atoms with van der Waals surface area (Å²) in [6.07, 6.45) is 7.21. The van der Waals surface area contributed by atoms with Crippen molar-refractivity contribution < 1.29 is 14.3 Å². The number of hydrogen-bond acceptors (Lipinski definition) is 3. The molecular weight excluding hydrogens is 292 g/mol. The van der Waals surface area contributed by atoms with Crippen LogP contribution in [0.3, 0.4) is 0 Å². The van der Waals surface area contributed by atoms with E-state index in [0.29, 0.717) is 19.1 Å². The third kappa shape index (κ3) is 4.38. The first-order valence-electron chi connectivity index (χ1n) is 9.37. The van der Waals surface area contributed by atoms with Gasteiger partial charge in [-0.05, 0) is 31.1 Å². The molecule has 0 aromatic rings. The van der Waals surface area contributed by atoms with Crippen molar-refractivity contribution in [2.75, 3.05) is 46.1 Å². The molecule has 5 nitrogen and oxygen atoms in total. The summed E-state index contributed by atoms with van der Waals surface area (Å²) < 4.78 is 11.3. The van der Waals surface area contributed by atoms with E-state index in [1.165, 1.54) is 25.7 Å². The summed E-state index contributed by atoms with van der Waals surface area (Å²) in [4.78, 5) is 14.6. The van der Waals surface area contributed by atoms with Crippen molar-refractivity contribution in [2.24, 2.45) is 17.3 Å². The standard InChI is InChI=1S/C18H32N2O3/c1-15-4-2-3-5-16(15)12-19-17(21)20-8-11-23-14-18(13-20)6-9-22-10-7-18/h15-16H,2-14H2,1H3,(H,19,21)/t15-,16+/m0/s1. The summed E-state index contributed by atoms with van der Waals surface area (Å²) in [7, 11) is 0. The van der Waals surface area contributed by atoms with E-state index in [2.05, 4.69) is 12.2 Å². The molecule has 2 aliphatic heterocycles. The zero-order valence-electron chi connectivity index (χ0n) is 14.5. The van der Waals surface area contributed by atoms with Gasteiger partial charge in [0.1, 0.15) is 0 Å². The normalized spacial score (nSPS) is 31.6. The van der Waals surface area contributed by atoms with Gasteiger partial charge in [0.05, 0.1) is 13.2 Å². The molecule has 2 amide bonds. The van der Waals surface area contributed by atoms with Gasteiger partial charge in [-0.2, -0.15) is 0 Å². The maximum atomic E-state index is 12.7. The number of nitrogens with zero attached hydrogens (tertiary/aromatic N) is 1. The smallest absolute Gasteiger partial charge is 0.317 e. The monoisotopic (exact) mass is 324 g/mol. The molecule has 3 fully saturated rings. The lowest BCUT2D eigenvalue weighted by atomic mass is 9.80. The molecule has 2 atom stereocenters. The molecule has 0 aromatic heterocycles. The van der Waals surface area contributed by atoms with E-state index in [-0.39, 0.29) is 11.4 Å². The summed E-state index contributed by atoms with van der Waals surface area (Å²) in [5, 5.41) is 3.20. The van der Waals surface area contributed by atoms with Crippen molar-refractivity contribution in [2.45, 2.75) is 45.4 Å². The van der Waals surface area contributed by atoms with Gasteiger partial charge in [-0.1, -0.05) is 26.2 Å². The van der Waals surface area contributed by atoms with E-state index in [4.69, 9.17) is 9.47 Å². The molecule has 132 valence electrons. The van der Waals surface area contributed by atoms with Crippen molar-refractivity contribution in [3.8, 4) is 0 Å². The summed E-state index contributed by atoms with van der Waals surface area (Å²) in [5.41, 5.74) is 0.101. The fraction of sp³-hybridized carbons (Fsp3) is 0.944. The molecule has 1 saturated carbocycles. The van der Waals surface area contributed by atoms with Crippen LogP contribution in [0.5, 0.6) is 0 Å². The first kappa shape index (κ1) is 17.0. The molecule has 0 bridgehead atoms. The van der Waals surface area contributed by atoms with E-state index >= 15 is 0 Å². The molecule has 3 aliphatic rings. The van der Waals surface area contributed by atoms with Crippen molar-refractivity contribution in [3.63, 3.8) is 0 Å². The number of carbonyl (C=O) groups is 1. The third-order valence-electron chi connectivity index (χ3n) is 6.09. The number of amides is 2. The lowest BCUT2D eigenvalue weighted by Crippen LogP contribution is -2.49. The van der Waals surface area contributed by atoms with Gasteiger partial charge >= 0.3 is 6.03 Å². The highest BCUT2D eigenvalue weighted by Crippen LogP contribution is 2.33. The molecule has 2 saturated heterocycles. The fourth-order valence-electron chi connectivity index (χ4n) is 4.30. The van der Waals surface area contributed by atoms with E-state index in [0.717, 1.165) is 51.7 Å². The average molecular weight is 324 g/mol. The Bertz CT molecular complexity index is 396. The lowest BCUT2D eigenvalue weighted by molar-refractivity contribution is -0.0295. The topological polar surface area (TPSA) is 50.8 Å². The van der Waals surface area contributed by atoms with Gasteiger partial charge in [-0.15, -0.1) is 0 Å². The van der Waals surface area contributed by atoms with Crippen LogP contribution in [0.25, 0.3) is 0 Å². The Kier molecular flexibility index (Phi) is 5.81. The van der Waals surface area contributed by atoms with Crippen LogP contribution in [0.1, 0.15) is 45.4 Å². The Morgan fingerprint density at radius 1 is 1.17 bits per heavy atom. The number of carbonyl (C=O) groups excluding carboxylic acids is 1. The van der Waals surface area contributed by atoms with Gasteiger partial charge in [0.15, 0.2) is 0 Å². The zero-order valence-corrected chi connectivity index (χ0v) is 14.5. The zero-order chi connectivity index (χ0) is 16.1. The Morgan fingerprint density at radius 3 is 2.74 bits per heavy atom. The molecule has 23 heavy (non-hydrogen) atoms. The highest BCUT2D eigenvalue weighted by Gasteiger charge is 2.38. The molecule has 1 spiro atoms. The second-order valence-corrected chi connectivity index (χ2v) is 7.79. The predicted octanol–water partition coefficient (Wildman–Crippen LogP) is 2.65. The molecule has 1 aliphatic carbocycles. The van der Waals surface area contributed by atoms with Gasteiger partial charge < -0.3 is 19.7 Å². The number of hydrogen-bond donors (Lipinski definition) is 1. The molecule has 5 heteroatoms. The Morgan fingerprint density at radius 2 is 1.96 bits per heavy atom. The van der Waals surface area contributed by atoms with Gasteiger partial charge in [0.2, 0.25) is 0 Å². The first-order valence-corrected chi connectivity index (χ1v) is 9.37. The van der Waals surface area contributed by atoms with Crippen molar-refractivity contribution in [3.05, 3.63) is 0 Å². The van der Waals surface area contributed by atoms with Crippen LogP contribution in [0.15, 0.2) is 0 Å². The maximum absolute atomic E-state index is 12.7. The van der Waals surface area contributed by atoms with Crippen LogP contribution in [0, 0.1) is 17.3 Å². The van der Waals surface area contributed by atoms with Gasteiger partial charge in [-0.3, -0.25) is 0 Å². The minimum Gasteiger partial charge on any atom is -0.381 e. The largest absolute Gasteiger partial charge is 0.381 e. The van der Waals surface area contributed by atoms with Crippen molar-refractivity contribution >= 4 is 6.03 Å². The second kappa shape index (κ2) is 7.84. The average Bonchev–Trinajstić information content (AvgIpc) is 2.77. The SMILES string of the molecule is C[C@H]1CCCC[C@@H]1CNC(=O)N1CCOCC2(CCOCC2)C1. The van der Waals surface area contributed by atoms with E-state index < -0.39 is 0 Å². The van der Waals surface area contributed by atoms with Crippen LogP contribution in [-0.2, 0) is 9.47 Å². The minimum atomic E-state index is 0.0964. The van der Waals surface area contributed by atoms with E-state index in [1.54, 1.807) is 0 Å². The van der Waals surface area contributed by atoms with Gasteiger partial charge in [0.25, 0.3) is 0 Å². The molecule has 3 rings (SSSR count). The highest BCUT2D eigenvalue weighted by molar-refractivity contribution is 5.74. The van der Waals surface area contributed by atoms with Crippen LogP contribution >= 0.6 is 0 Å².